The lowest BCUT2D eigenvalue weighted by atomic mass is 10.1. The van der Waals surface area contributed by atoms with Crippen LogP contribution in [0.1, 0.15) is 11.1 Å². The van der Waals surface area contributed by atoms with E-state index >= 15 is 0 Å². The van der Waals surface area contributed by atoms with Crippen molar-refractivity contribution in [2.24, 2.45) is 0 Å². The van der Waals surface area contributed by atoms with E-state index < -0.39 is 11.9 Å². The normalized spacial score (nSPS) is 10.6. The number of nitrogens with zero attached hydrogens (tertiary/aromatic N) is 1. The second-order valence-electron chi connectivity index (χ2n) is 4.02. The van der Waals surface area contributed by atoms with Crippen molar-refractivity contribution in [2.75, 3.05) is 13.1 Å². The number of benzene rings is 1. The molecule has 6 heteroatoms. The zero-order valence-electron chi connectivity index (χ0n) is 9.89. The van der Waals surface area contributed by atoms with E-state index in [9.17, 15) is 9.59 Å². The van der Waals surface area contributed by atoms with Crippen LogP contribution in [0.5, 0.6) is 0 Å². The van der Waals surface area contributed by atoms with Gasteiger partial charge in [0, 0.05) is 11.6 Å². The topological polar surface area (TPSA) is 77.8 Å². The van der Waals surface area contributed by atoms with Crippen molar-refractivity contribution in [3.8, 4) is 0 Å². The molecule has 0 atom stereocenters. The van der Waals surface area contributed by atoms with Crippen LogP contribution in [0.3, 0.4) is 0 Å². The van der Waals surface area contributed by atoms with Gasteiger partial charge in [0.15, 0.2) is 0 Å². The maximum Gasteiger partial charge on any atom is 0.317 e. The Bertz CT molecular complexity index is 445. The molecule has 0 radical (unpaired) electrons. The lowest BCUT2D eigenvalue weighted by molar-refractivity contribution is -0.142. The third-order valence-electron chi connectivity index (χ3n) is 2.36. The first-order valence-corrected chi connectivity index (χ1v) is 5.67. The Hall–Kier alpha value is -1.59. The molecule has 1 aromatic rings. The SMILES string of the molecule is Cc1ccc(CN(CC(=O)O)CC(=O)O)cc1Cl. The summed E-state index contributed by atoms with van der Waals surface area (Å²) in [5.41, 5.74) is 1.71. The number of carboxylic acid groups (broad SMARTS) is 2. The quantitative estimate of drug-likeness (QED) is 0.822. The van der Waals surface area contributed by atoms with Crippen LogP contribution >= 0.6 is 11.6 Å². The molecule has 0 aliphatic rings. The Morgan fingerprint density at radius 2 is 1.78 bits per heavy atom. The molecule has 0 spiro atoms. The summed E-state index contributed by atoms with van der Waals surface area (Å²) >= 11 is 5.96. The molecule has 0 unspecified atom stereocenters. The van der Waals surface area contributed by atoms with Crippen molar-refractivity contribution in [2.45, 2.75) is 13.5 Å². The van der Waals surface area contributed by atoms with Crippen molar-refractivity contribution in [3.63, 3.8) is 0 Å². The molecule has 0 aliphatic carbocycles. The van der Waals surface area contributed by atoms with Gasteiger partial charge in [-0.25, -0.2) is 0 Å². The van der Waals surface area contributed by atoms with Crippen molar-refractivity contribution >= 4 is 23.5 Å². The molecule has 0 bridgehead atoms. The van der Waals surface area contributed by atoms with Crippen LogP contribution < -0.4 is 0 Å². The molecule has 0 aromatic heterocycles. The van der Waals surface area contributed by atoms with Gasteiger partial charge in [-0.3, -0.25) is 14.5 Å². The molecular weight excluding hydrogens is 258 g/mol. The first kappa shape index (κ1) is 14.5. The van der Waals surface area contributed by atoms with Crippen LogP contribution in [0.2, 0.25) is 5.02 Å². The van der Waals surface area contributed by atoms with E-state index in [2.05, 4.69) is 0 Å². The highest BCUT2D eigenvalue weighted by Crippen LogP contribution is 2.17. The monoisotopic (exact) mass is 271 g/mol. The Labute approximate surface area is 110 Å². The van der Waals surface area contributed by atoms with Gasteiger partial charge in [-0.2, -0.15) is 0 Å². The van der Waals surface area contributed by atoms with E-state index in [0.29, 0.717) is 5.02 Å². The Balaban J connectivity index is 2.77. The number of halogens is 1. The molecule has 1 aromatic carbocycles. The molecular formula is C12H14ClNO4. The molecule has 18 heavy (non-hydrogen) atoms. The average molecular weight is 272 g/mol. The lowest BCUT2D eigenvalue weighted by Crippen LogP contribution is -2.33. The molecule has 2 N–H and O–H groups in total. The van der Waals surface area contributed by atoms with E-state index in [0.717, 1.165) is 11.1 Å². The van der Waals surface area contributed by atoms with Crippen LogP contribution in [0, 0.1) is 6.92 Å². The average Bonchev–Trinajstić information content (AvgIpc) is 2.21. The standard InChI is InChI=1S/C12H14ClNO4/c1-8-2-3-9(4-10(8)13)5-14(6-11(15)16)7-12(17)18/h2-4H,5-7H2,1H3,(H,15,16)(H,17,18). The fourth-order valence-electron chi connectivity index (χ4n) is 1.54. The fraction of sp³-hybridized carbons (Fsp3) is 0.333. The third-order valence-corrected chi connectivity index (χ3v) is 2.77. The largest absolute Gasteiger partial charge is 0.480 e. The van der Waals surface area contributed by atoms with Gasteiger partial charge in [0.25, 0.3) is 0 Å². The van der Waals surface area contributed by atoms with E-state index in [1.807, 2.05) is 13.0 Å². The number of hydrogen-bond acceptors (Lipinski definition) is 3. The van der Waals surface area contributed by atoms with Gasteiger partial charge in [0.1, 0.15) is 0 Å². The van der Waals surface area contributed by atoms with E-state index in [-0.39, 0.29) is 19.6 Å². The maximum atomic E-state index is 10.6. The maximum absolute atomic E-state index is 10.6. The summed E-state index contributed by atoms with van der Waals surface area (Å²) in [4.78, 5) is 22.6. The molecule has 0 amide bonds. The summed E-state index contributed by atoms with van der Waals surface area (Å²) in [6.07, 6.45) is 0. The second-order valence-corrected chi connectivity index (χ2v) is 4.42. The summed E-state index contributed by atoms with van der Waals surface area (Å²) < 4.78 is 0. The lowest BCUT2D eigenvalue weighted by Gasteiger charge is -2.18. The van der Waals surface area contributed by atoms with Gasteiger partial charge >= 0.3 is 11.9 Å². The smallest absolute Gasteiger partial charge is 0.317 e. The minimum absolute atomic E-state index is 0.235. The van der Waals surface area contributed by atoms with Crippen molar-refractivity contribution in [1.29, 1.82) is 0 Å². The Morgan fingerprint density at radius 1 is 1.22 bits per heavy atom. The first-order chi connectivity index (χ1) is 8.38. The van der Waals surface area contributed by atoms with Crippen molar-refractivity contribution < 1.29 is 19.8 Å². The summed E-state index contributed by atoms with van der Waals surface area (Å²) in [6, 6.07) is 5.34. The van der Waals surface area contributed by atoms with Crippen LogP contribution in [0.15, 0.2) is 18.2 Å². The van der Waals surface area contributed by atoms with E-state index in [1.54, 1.807) is 12.1 Å². The van der Waals surface area contributed by atoms with Gasteiger partial charge in [0.05, 0.1) is 13.1 Å². The molecule has 5 nitrogen and oxygen atoms in total. The number of aryl methyl sites for hydroxylation is 1. The summed E-state index contributed by atoms with van der Waals surface area (Å²) in [6.45, 7) is 1.45. The molecule has 0 fully saturated rings. The van der Waals surface area contributed by atoms with E-state index in [4.69, 9.17) is 21.8 Å². The second kappa shape index (κ2) is 6.37. The zero-order chi connectivity index (χ0) is 13.7. The van der Waals surface area contributed by atoms with Crippen LogP contribution in [-0.4, -0.2) is 40.1 Å². The number of rotatable bonds is 6. The van der Waals surface area contributed by atoms with Gasteiger partial charge in [-0.15, -0.1) is 0 Å². The van der Waals surface area contributed by atoms with Crippen LogP contribution in [0.25, 0.3) is 0 Å². The van der Waals surface area contributed by atoms with Crippen molar-refractivity contribution in [3.05, 3.63) is 34.3 Å². The van der Waals surface area contributed by atoms with Crippen LogP contribution in [0.4, 0.5) is 0 Å². The highest BCUT2D eigenvalue weighted by Gasteiger charge is 2.14. The molecule has 1 rings (SSSR count). The van der Waals surface area contributed by atoms with E-state index in [1.165, 1.54) is 4.90 Å². The van der Waals surface area contributed by atoms with Gasteiger partial charge in [-0.05, 0) is 24.1 Å². The van der Waals surface area contributed by atoms with Gasteiger partial charge in [-0.1, -0.05) is 23.7 Å². The number of aliphatic carboxylic acids is 2. The van der Waals surface area contributed by atoms with Gasteiger partial charge < -0.3 is 10.2 Å². The minimum atomic E-state index is -1.06. The van der Waals surface area contributed by atoms with Gasteiger partial charge in [0.2, 0.25) is 0 Å². The summed E-state index contributed by atoms with van der Waals surface area (Å²) in [5, 5.41) is 18.0. The fourth-order valence-corrected chi connectivity index (χ4v) is 1.75. The van der Waals surface area contributed by atoms with Crippen molar-refractivity contribution in [1.82, 2.24) is 4.90 Å². The minimum Gasteiger partial charge on any atom is -0.480 e. The highest BCUT2D eigenvalue weighted by atomic mass is 35.5. The van der Waals surface area contributed by atoms with Crippen LogP contribution in [-0.2, 0) is 16.1 Å². The molecule has 0 saturated carbocycles. The number of hydrogen-bond donors (Lipinski definition) is 2. The molecule has 98 valence electrons. The molecule has 0 aliphatic heterocycles. The molecule has 0 saturated heterocycles. The highest BCUT2D eigenvalue weighted by molar-refractivity contribution is 6.31. The number of carboxylic acids is 2. The predicted molar refractivity (Wildman–Crippen MR) is 66.7 cm³/mol. The number of carbonyl (C=O) groups is 2. The third kappa shape index (κ3) is 4.73. The molecule has 0 heterocycles. The summed E-state index contributed by atoms with van der Waals surface area (Å²) in [5.74, 6) is -2.12. The first-order valence-electron chi connectivity index (χ1n) is 5.29. The zero-order valence-corrected chi connectivity index (χ0v) is 10.6. The Kier molecular flexibility index (Phi) is 5.12. The Morgan fingerprint density at radius 3 is 2.22 bits per heavy atom. The summed E-state index contributed by atoms with van der Waals surface area (Å²) in [7, 11) is 0. The predicted octanol–water partition coefficient (Wildman–Crippen LogP) is 1.62.